The van der Waals surface area contributed by atoms with Gasteiger partial charge in [0.1, 0.15) is 19.4 Å². The SMILES string of the molecule is CC(N)c1ncn(CC(=O)NCC#N)n1. The first-order valence-corrected chi connectivity index (χ1v) is 4.42. The number of hydrogen-bond acceptors (Lipinski definition) is 5. The molecule has 1 unspecified atom stereocenters. The van der Waals surface area contributed by atoms with Crippen molar-refractivity contribution in [2.75, 3.05) is 6.54 Å². The van der Waals surface area contributed by atoms with E-state index in [0.717, 1.165) is 0 Å². The lowest BCUT2D eigenvalue weighted by Crippen LogP contribution is -2.28. The van der Waals surface area contributed by atoms with E-state index in [1.54, 1.807) is 6.92 Å². The van der Waals surface area contributed by atoms with E-state index < -0.39 is 0 Å². The van der Waals surface area contributed by atoms with Gasteiger partial charge in [-0.2, -0.15) is 10.4 Å². The summed E-state index contributed by atoms with van der Waals surface area (Å²) >= 11 is 0. The second kappa shape index (κ2) is 5.07. The zero-order valence-electron chi connectivity index (χ0n) is 8.34. The minimum Gasteiger partial charge on any atom is -0.341 e. The van der Waals surface area contributed by atoms with Gasteiger partial charge in [-0.15, -0.1) is 0 Å². The second-order valence-corrected chi connectivity index (χ2v) is 3.02. The zero-order chi connectivity index (χ0) is 11.3. The molecule has 0 bridgehead atoms. The quantitative estimate of drug-likeness (QED) is 0.613. The molecule has 1 atom stereocenters. The highest BCUT2D eigenvalue weighted by atomic mass is 16.2. The number of carbonyl (C=O) groups excluding carboxylic acids is 1. The minimum atomic E-state index is -0.280. The lowest BCUT2D eigenvalue weighted by molar-refractivity contribution is -0.121. The lowest BCUT2D eigenvalue weighted by atomic mass is 10.4. The highest BCUT2D eigenvalue weighted by molar-refractivity contribution is 5.75. The van der Waals surface area contributed by atoms with Crippen LogP contribution in [-0.2, 0) is 11.3 Å². The maximum absolute atomic E-state index is 11.2. The average Bonchev–Trinajstić information content (AvgIpc) is 2.63. The third-order valence-corrected chi connectivity index (χ3v) is 1.63. The number of nitriles is 1. The van der Waals surface area contributed by atoms with Gasteiger partial charge in [-0.3, -0.25) is 4.79 Å². The lowest BCUT2D eigenvalue weighted by Gasteiger charge is -2.00. The van der Waals surface area contributed by atoms with E-state index >= 15 is 0 Å². The fourth-order valence-corrected chi connectivity index (χ4v) is 0.935. The van der Waals surface area contributed by atoms with Crippen LogP contribution in [0, 0.1) is 11.3 Å². The van der Waals surface area contributed by atoms with E-state index in [1.807, 2.05) is 6.07 Å². The van der Waals surface area contributed by atoms with Gasteiger partial charge in [0.2, 0.25) is 5.91 Å². The van der Waals surface area contributed by atoms with Crippen LogP contribution in [0.4, 0.5) is 0 Å². The van der Waals surface area contributed by atoms with Gasteiger partial charge in [0.25, 0.3) is 0 Å². The Kier molecular flexibility index (Phi) is 3.76. The fraction of sp³-hybridized carbons (Fsp3) is 0.500. The van der Waals surface area contributed by atoms with Crippen LogP contribution in [0.5, 0.6) is 0 Å². The molecule has 0 radical (unpaired) electrons. The number of hydrogen-bond donors (Lipinski definition) is 2. The van der Waals surface area contributed by atoms with Gasteiger partial charge in [0, 0.05) is 0 Å². The maximum atomic E-state index is 11.2. The van der Waals surface area contributed by atoms with Crippen LogP contribution in [0.25, 0.3) is 0 Å². The third-order valence-electron chi connectivity index (χ3n) is 1.63. The molecule has 7 heteroatoms. The van der Waals surface area contributed by atoms with Crippen LogP contribution in [-0.4, -0.2) is 27.2 Å². The van der Waals surface area contributed by atoms with Crippen molar-refractivity contribution in [2.24, 2.45) is 5.73 Å². The van der Waals surface area contributed by atoms with Crippen molar-refractivity contribution in [2.45, 2.75) is 19.5 Å². The van der Waals surface area contributed by atoms with Gasteiger partial charge in [-0.25, -0.2) is 9.67 Å². The molecule has 1 aromatic heterocycles. The zero-order valence-corrected chi connectivity index (χ0v) is 8.34. The maximum Gasteiger partial charge on any atom is 0.242 e. The van der Waals surface area contributed by atoms with Crippen LogP contribution in [0.2, 0.25) is 0 Å². The van der Waals surface area contributed by atoms with Gasteiger partial charge in [0.15, 0.2) is 5.82 Å². The van der Waals surface area contributed by atoms with Crippen LogP contribution < -0.4 is 11.1 Å². The Morgan fingerprint density at radius 2 is 2.60 bits per heavy atom. The van der Waals surface area contributed by atoms with Crippen LogP contribution >= 0.6 is 0 Å². The normalized spacial score (nSPS) is 11.8. The number of nitrogens with zero attached hydrogens (tertiary/aromatic N) is 4. The van der Waals surface area contributed by atoms with Crippen molar-refractivity contribution in [3.63, 3.8) is 0 Å². The highest BCUT2D eigenvalue weighted by Crippen LogP contribution is 2.00. The molecule has 0 saturated heterocycles. The predicted molar refractivity (Wildman–Crippen MR) is 51.2 cm³/mol. The fourth-order valence-electron chi connectivity index (χ4n) is 0.935. The molecule has 0 saturated carbocycles. The molecule has 80 valence electrons. The molecule has 1 amide bonds. The molecule has 0 aromatic carbocycles. The Bertz CT molecular complexity index is 377. The number of aromatic nitrogens is 3. The molecule has 15 heavy (non-hydrogen) atoms. The topological polar surface area (TPSA) is 110 Å². The molecule has 0 aliphatic carbocycles. The van der Waals surface area contributed by atoms with Crippen molar-refractivity contribution in [1.29, 1.82) is 5.26 Å². The number of nitrogens with one attached hydrogen (secondary N) is 1. The molecule has 0 aliphatic heterocycles. The van der Waals surface area contributed by atoms with Crippen LogP contribution in [0.1, 0.15) is 18.8 Å². The summed E-state index contributed by atoms with van der Waals surface area (Å²) in [4.78, 5) is 15.1. The van der Waals surface area contributed by atoms with Gasteiger partial charge in [-0.05, 0) is 6.92 Å². The molecular formula is C8H12N6O. The molecule has 0 aliphatic rings. The van der Waals surface area contributed by atoms with Crippen LogP contribution in [0.3, 0.4) is 0 Å². The highest BCUT2D eigenvalue weighted by Gasteiger charge is 2.07. The number of nitrogens with two attached hydrogens (primary N) is 1. The molecule has 1 aromatic rings. The van der Waals surface area contributed by atoms with Crippen molar-refractivity contribution in [3.8, 4) is 6.07 Å². The molecule has 1 heterocycles. The van der Waals surface area contributed by atoms with Crippen molar-refractivity contribution < 1.29 is 4.79 Å². The van der Waals surface area contributed by atoms with E-state index in [1.165, 1.54) is 11.0 Å². The Labute approximate surface area is 86.9 Å². The van der Waals surface area contributed by atoms with Gasteiger partial charge in [-0.1, -0.05) is 0 Å². The summed E-state index contributed by atoms with van der Waals surface area (Å²) < 4.78 is 1.38. The average molecular weight is 208 g/mol. The van der Waals surface area contributed by atoms with Crippen LogP contribution in [0.15, 0.2) is 6.33 Å². The molecule has 7 nitrogen and oxygen atoms in total. The van der Waals surface area contributed by atoms with Crippen molar-refractivity contribution in [1.82, 2.24) is 20.1 Å². The summed E-state index contributed by atoms with van der Waals surface area (Å²) in [6.45, 7) is 1.80. The standard InChI is InChI=1S/C8H12N6O/c1-6(10)8-12-5-14(13-8)4-7(15)11-3-2-9/h5-6H,3-4,10H2,1H3,(H,11,15). The Morgan fingerprint density at radius 1 is 1.87 bits per heavy atom. The Balaban J connectivity index is 2.50. The monoisotopic (exact) mass is 208 g/mol. The number of rotatable bonds is 4. The molecule has 0 fully saturated rings. The molecular weight excluding hydrogens is 196 g/mol. The third kappa shape index (κ3) is 3.36. The Morgan fingerprint density at radius 3 is 3.13 bits per heavy atom. The van der Waals surface area contributed by atoms with E-state index in [9.17, 15) is 4.79 Å². The summed E-state index contributed by atoms with van der Waals surface area (Å²) in [6, 6.07) is 1.55. The first-order valence-electron chi connectivity index (χ1n) is 4.42. The minimum absolute atomic E-state index is 0.00627. The summed E-state index contributed by atoms with van der Waals surface area (Å²) in [6.07, 6.45) is 1.44. The van der Waals surface area contributed by atoms with E-state index in [-0.39, 0.29) is 25.0 Å². The van der Waals surface area contributed by atoms with Crippen molar-refractivity contribution >= 4 is 5.91 Å². The predicted octanol–water partition coefficient (Wildman–Crippen LogP) is -1.06. The number of amides is 1. The first kappa shape index (κ1) is 11.1. The van der Waals surface area contributed by atoms with E-state index in [2.05, 4.69) is 15.4 Å². The first-order chi connectivity index (χ1) is 7.13. The molecule has 1 rings (SSSR count). The van der Waals surface area contributed by atoms with E-state index in [0.29, 0.717) is 5.82 Å². The van der Waals surface area contributed by atoms with Gasteiger partial charge in [0.05, 0.1) is 12.1 Å². The van der Waals surface area contributed by atoms with Crippen molar-refractivity contribution in [3.05, 3.63) is 12.2 Å². The summed E-state index contributed by atoms with van der Waals surface area (Å²) in [5, 5.41) is 14.6. The second-order valence-electron chi connectivity index (χ2n) is 3.02. The van der Waals surface area contributed by atoms with E-state index in [4.69, 9.17) is 11.0 Å². The number of carbonyl (C=O) groups is 1. The summed E-state index contributed by atoms with van der Waals surface area (Å²) in [7, 11) is 0. The van der Waals surface area contributed by atoms with Gasteiger partial charge >= 0.3 is 0 Å². The Hall–Kier alpha value is -1.94. The smallest absolute Gasteiger partial charge is 0.242 e. The summed E-state index contributed by atoms with van der Waals surface area (Å²) in [5.41, 5.74) is 5.56. The van der Waals surface area contributed by atoms with Gasteiger partial charge < -0.3 is 11.1 Å². The largest absolute Gasteiger partial charge is 0.341 e. The summed E-state index contributed by atoms with van der Waals surface area (Å²) in [5.74, 6) is 0.209. The molecule has 3 N–H and O–H groups in total. The molecule has 0 spiro atoms.